The Morgan fingerprint density at radius 1 is 1.00 bits per heavy atom. The fraction of sp³-hybridized carbons (Fsp3) is 0.158. The predicted octanol–water partition coefficient (Wildman–Crippen LogP) is 2.10. The summed E-state index contributed by atoms with van der Waals surface area (Å²) in [5.41, 5.74) is 7.41. The van der Waals surface area contributed by atoms with E-state index in [1.54, 1.807) is 60.7 Å². The number of aliphatic hydroxyl groups excluding tert-OH is 1. The van der Waals surface area contributed by atoms with Crippen molar-refractivity contribution in [3.05, 3.63) is 66.4 Å². The molecule has 0 aliphatic carbocycles. The van der Waals surface area contributed by atoms with Gasteiger partial charge >= 0.3 is 0 Å². The van der Waals surface area contributed by atoms with Crippen molar-refractivity contribution in [2.45, 2.75) is 10.6 Å². The standard InChI is InChI=1S/C19H20N4O3S/c20-15-8-6-14(7-9-15)19-22-16(12-18(23-19)21-10-11-24)13-27(25,26)17-4-2-1-3-5-17/h1-9,12,24H,10-11,13,20H2,(H,21,22,23). The summed E-state index contributed by atoms with van der Waals surface area (Å²) in [6.45, 7) is 0.224. The summed E-state index contributed by atoms with van der Waals surface area (Å²) in [5, 5.41) is 12.0. The van der Waals surface area contributed by atoms with E-state index in [2.05, 4.69) is 15.3 Å². The van der Waals surface area contributed by atoms with Gasteiger partial charge in [0.05, 0.1) is 22.9 Å². The second-order valence-electron chi connectivity index (χ2n) is 5.91. The van der Waals surface area contributed by atoms with Gasteiger partial charge in [0, 0.05) is 23.9 Å². The molecule has 0 fully saturated rings. The third kappa shape index (κ3) is 4.81. The van der Waals surface area contributed by atoms with Crippen LogP contribution in [0, 0.1) is 0 Å². The van der Waals surface area contributed by atoms with Gasteiger partial charge in [0.2, 0.25) is 0 Å². The van der Waals surface area contributed by atoms with Crippen LogP contribution in [0.25, 0.3) is 11.4 Å². The topological polar surface area (TPSA) is 118 Å². The minimum absolute atomic E-state index is 0.0706. The van der Waals surface area contributed by atoms with E-state index >= 15 is 0 Å². The molecule has 140 valence electrons. The van der Waals surface area contributed by atoms with E-state index in [0.29, 0.717) is 29.6 Å². The highest BCUT2D eigenvalue weighted by Gasteiger charge is 2.17. The van der Waals surface area contributed by atoms with Gasteiger partial charge in [-0.1, -0.05) is 18.2 Å². The molecule has 3 aromatic rings. The van der Waals surface area contributed by atoms with Crippen molar-refractivity contribution in [2.24, 2.45) is 0 Å². The average Bonchev–Trinajstić information content (AvgIpc) is 2.67. The smallest absolute Gasteiger partial charge is 0.184 e. The van der Waals surface area contributed by atoms with Crippen molar-refractivity contribution < 1.29 is 13.5 Å². The molecular formula is C19H20N4O3S. The van der Waals surface area contributed by atoms with Crippen LogP contribution in [0.1, 0.15) is 5.69 Å². The monoisotopic (exact) mass is 384 g/mol. The molecule has 0 unspecified atom stereocenters. The fourth-order valence-corrected chi connectivity index (χ4v) is 3.79. The van der Waals surface area contributed by atoms with Gasteiger partial charge in [-0.2, -0.15) is 0 Å². The lowest BCUT2D eigenvalue weighted by Crippen LogP contribution is -2.11. The van der Waals surface area contributed by atoms with Crippen LogP contribution < -0.4 is 11.1 Å². The van der Waals surface area contributed by atoms with E-state index in [9.17, 15) is 8.42 Å². The highest BCUT2D eigenvalue weighted by atomic mass is 32.2. The summed E-state index contributed by atoms with van der Waals surface area (Å²) in [6.07, 6.45) is 0. The molecule has 1 aromatic heterocycles. The molecule has 0 atom stereocenters. The van der Waals surface area contributed by atoms with Crippen LogP contribution in [0.5, 0.6) is 0 Å². The lowest BCUT2D eigenvalue weighted by atomic mass is 10.2. The van der Waals surface area contributed by atoms with Gasteiger partial charge in [-0.05, 0) is 36.4 Å². The van der Waals surface area contributed by atoms with Gasteiger partial charge in [0.15, 0.2) is 15.7 Å². The molecule has 0 amide bonds. The van der Waals surface area contributed by atoms with Crippen LogP contribution in [0.3, 0.4) is 0 Å². The molecule has 8 heteroatoms. The van der Waals surface area contributed by atoms with Crippen molar-refractivity contribution >= 4 is 21.3 Å². The number of nitrogens with zero attached hydrogens (tertiary/aromatic N) is 2. The number of aromatic nitrogens is 2. The number of anilines is 2. The van der Waals surface area contributed by atoms with E-state index in [1.165, 1.54) is 0 Å². The Kier molecular flexibility index (Phi) is 5.68. The number of benzene rings is 2. The quantitative estimate of drug-likeness (QED) is 0.534. The van der Waals surface area contributed by atoms with Crippen molar-refractivity contribution in [2.75, 3.05) is 24.2 Å². The maximum Gasteiger partial charge on any atom is 0.184 e. The zero-order chi connectivity index (χ0) is 19.3. The molecule has 0 aliphatic heterocycles. The van der Waals surface area contributed by atoms with Gasteiger partial charge in [-0.15, -0.1) is 0 Å². The van der Waals surface area contributed by atoms with Crippen LogP contribution >= 0.6 is 0 Å². The SMILES string of the molecule is Nc1ccc(-c2nc(CS(=O)(=O)c3ccccc3)cc(NCCO)n2)cc1. The summed E-state index contributed by atoms with van der Waals surface area (Å²) in [4.78, 5) is 9.06. The number of aliphatic hydroxyl groups is 1. The molecule has 27 heavy (non-hydrogen) atoms. The van der Waals surface area contributed by atoms with E-state index in [-0.39, 0.29) is 17.3 Å². The lowest BCUT2D eigenvalue weighted by Gasteiger charge is -2.10. The number of sulfone groups is 1. The Hall–Kier alpha value is -2.97. The number of rotatable bonds is 7. The summed E-state index contributed by atoms with van der Waals surface area (Å²) in [5.74, 6) is 0.579. The zero-order valence-electron chi connectivity index (χ0n) is 14.5. The summed E-state index contributed by atoms with van der Waals surface area (Å²) < 4.78 is 25.4. The molecule has 0 radical (unpaired) electrons. The van der Waals surface area contributed by atoms with Crippen molar-refractivity contribution in [1.29, 1.82) is 0 Å². The summed E-state index contributed by atoms with van der Waals surface area (Å²) in [7, 11) is -3.54. The van der Waals surface area contributed by atoms with Gasteiger partial charge in [-0.3, -0.25) is 0 Å². The first-order valence-corrected chi connectivity index (χ1v) is 9.99. The first kappa shape index (κ1) is 18.8. The number of nitrogen functional groups attached to an aromatic ring is 1. The highest BCUT2D eigenvalue weighted by Crippen LogP contribution is 2.22. The van der Waals surface area contributed by atoms with Gasteiger partial charge in [0.25, 0.3) is 0 Å². The van der Waals surface area contributed by atoms with E-state index in [1.807, 2.05) is 0 Å². The molecule has 0 spiro atoms. The van der Waals surface area contributed by atoms with Crippen LogP contribution in [0.2, 0.25) is 0 Å². The van der Waals surface area contributed by atoms with E-state index < -0.39 is 9.84 Å². The van der Waals surface area contributed by atoms with Crippen LogP contribution in [-0.2, 0) is 15.6 Å². The Morgan fingerprint density at radius 3 is 2.37 bits per heavy atom. The molecule has 2 aromatic carbocycles. The highest BCUT2D eigenvalue weighted by molar-refractivity contribution is 7.90. The van der Waals surface area contributed by atoms with Crippen LogP contribution in [0.4, 0.5) is 11.5 Å². The summed E-state index contributed by atoms with van der Waals surface area (Å²) in [6, 6.07) is 16.8. The Morgan fingerprint density at radius 2 is 1.70 bits per heavy atom. The van der Waals surface area contributed by atoms with Gasteiger partial charge < -0.3 is 16.2 Å². The Bertz CT molecular complexity index is 1010. The third-order valence-electron chi connectivity index (χ3n) is 3.81. The van der Waals surface area contributed by atoms with Crippen molar-refractivity contribution in [3.63, 3.8) is 0 Å². The molecular weight excluding hydrogens is 364 g/mol. The fourth-order valence-electron chi connectivity index (χ4n) is 2.51. The summed E-state index contributed by atoms with van der Waals surface area (Å²) >= 11 is 0. The number of hydrogen-bond acceptors (Lipinski definition) is 7. The lowest BCUT2D eigenvalue weighted by molar-refractivity contribution is 0.311. The van der Waals surface area contributed by atoms with Gasteiger partial charge in [-0.25, -0.2) is 18.4 Å². The second-order valence-corrected chi connectivity index (χ2v) is 7.90. The van der Waals surface area contributed by atoms with Crippen LogP contribution in [0.15, 0.2) is 65.6 Å². The molecule has 0 saturated carbocycles. The molecule has 0 saturated heterocycles. The molecule has 1 heterocycles. The molecule has 4 N–H and O–H groups in total. The minimum atomic E-state index is -3.54. The maximum absolute atomic E-state index is 12.7. The predicted molar refractivity (Wildman–Crippen MR) is 105 cm³/mol. The van der Waals surface area contributed by atoms with Gasteiger partial charge in [0.1, 0.15) is 5.82 Å². The number of nitrogens with two attached hydrogens (primary N) is 1. The van der Waals surface area contributed by atoms with E-state index in [0.717, 1.165) is 5.56 Å². The molecule has 3 rings (SSSR count). The zero-order valence-corrected chi connectivity index (χ0v) is 15.4. The third-order valence-corrected chi connectivity index (χ3v) is 5.47. The normalized spacial score (nSPS) is 11.3. The first-order chi connectivity index (χ1) is 13.0. The first-order valence-electron chi connectivity index (χ1n) is 8.34. The maximum atomic E-state index is 12.7. The second kappa shape index (κ2) is 8.15. The number of nitrogens with one attached hydrogen (secondary N) is 1. The number of hydrogen-bond donors (Lipinski definition) is 3. The molecule has 7 nitrogen and oxygen atoms in total. The Balaban J connectivity index is 1.98. The minimum Gasteiger partial charge on any atom is -0.399 e. The molecule has 0 aliphatic rings. The average molecular weight is 384 g/mol. The molecule has 0 bridgehead atoms. The largest absolute Gasteiger partial charge is 0.399 e. The van der Waals surface area contributed by atoms with E-state index in [4.69, 9.17) is 10.8 Å². The van der Waals surface area contributed by atoms with Crippen molar-refractivity contribution in [1.82, 2.24) is 9.97 Å². The Labute approximate surface area is 157 Å². The van der Waals surface area contributed by atoms with Crippen molar-refractivity contribution in [3.8, 4) is 11.4 Å². The van der Waals surface area contributed by atoms with Crippen LogP contribution in [-0.4, -0.2) is 36.6 Å².